The molecule has 0 unspecified atom stereocenters. The number of carbonyl (C=O) groups is 1. The van der Waals surface area contributed by atoms with Gasteiger partial charge < -0.3 is 4.90 Å². The molecule has 1 fully saturated rings. The Labute approximate surface area is 146 Å². The third kappa shape index (κ3) is 3.17. The van der Waals surface area contributed by atoms with Crippen molar-refractivity contribution in [1.29, 1.82) is 0 Å². The lowest BCUT2D eigenvalue weighted by Gasteiger charge is -2.28. The molecule has 3 heterocycles. The van der Waals surface area contributed by atoms with Crippen molar-refractivity contribution in [3.8, 4) is 10.7 Å². The van der Waals surface area contributed by atoms with Crippen LogP contribution in [0.3, 0.4) is 0 Å². The number of Topliss-reactive ketones (excluding diaryl/α,β-unsaturated/α-hetero) is 1. The molecule has 6 heteroatoms. The van der Waals surface area contributed by atoms with Crippen molar-refractivity contribution >= 4 is 17.1 Å². The highest BCUT2D eigenvalue weighted by Crippen LogP contribution is 2.34. The molecule has 0 spiro atoms. The summed E-state index contributed by atoms with van der Waals surface area (Å²) in [7, 11) is 2.15. The van der Waals surface area contributed by atoms with Crippen LogP contribution in [0.2, 0.25) is 0 Å². The topological polar surface area (TPSA) is 61.9 Å². The van der Waals surface area contributed by atoms with Crippen LogP contribution in [0.1, 0.15) is 53.0 Å². The molecule has 2 aliphatic rings. The Bertz CT molecular complexity index is 704. The molecule has 1 aliphatic heterocycles. The Morgan fingerprint density at radius 3 is 2.92 bits per heavy atom. The average molecular weight is 344 g/mol. The molecule has 1 aliphatic carbocycles. The van der Waals surface area contributed by atoms with Gasteiger partial charge in [0.05, 0.1) is 17.5 Å². The molecular weight excluding hydrogens is 320 g/mol. The van der Waals surface area contributed by atoms with Gasteiger partial charge in [0.2, 0.25) is 0 Å². The Morgan fingerprint density at radius 2 is 2.12 bits per heavy atom. The van der Waals surface area contributed by atoms with Gasteiger partial charge in [-0.2, -0.15) is 5.10 Å². The molecule has 0 aromatic carbocycles. The SMILES string of the molecule is CN1CCC(CC(=O)c2cn[nH]c2-c2nc3c(s2)CCCC3)CC1. The van der Waals surface area contributed by atoms with Crippen molar-refractivity contribution in [2.24, 2.45) is 5.92 Å². The summed E-state index contributed by atoms with van der Waals surface area (Å²) in [6.07, 6.45) is 9.21. The number of thiazole rings is 1. The van der Waals surface area contributed by atoms with E-state index in [-0.39, 0.29) is 5.78 Å². The number of aromatic amines is 1. The number of hydrogen-bond acceptors (Lipinski definition) is 5. The van der Waals surface area contributed by atoms with E-state index in [9.17, 15) is 4.79 Å². The van der Waals surface area contributed by atoms with Crippen molar-refractivity contribution in [2.75, 3.05) is 20.1 Å². The standard InChI is InChI=1S/C18H24N4OS/c1-22-8-6-12(7-9-22)10-15(23)13-11-19-21-17(13)18-20-14-4-2-3-5-16(14)24-18/h11-12H,2-10H2,1H3,(H,19,21). The van der Waals surface area contributed by atoms with Crippen LogP contribution in [-0.2, 0) is 12.8 Å². The second-order valence-electron chi connectivity index (χ2n) is 7.13. The first-order valence-corrected chi connectivity index (χ1v) is 9.76. The predicted molar refractivity (Wildman–Crippen MR) is 95.5 cm³/mol. The van der Waals surface area contributed by atoms with Crippen LogP contribution < -0.4 is 0 Å². The molecule has 0 bridgehead atoms. The lowest BCUT2D eigenvalue weighted by atomic mass is 9.90. The Morgan fingerprint density at radius 1 is 1.33 bits per heavy atom. The van der Waals surface area contributed by atoms with E-state index in [0.29, 0.717) is 12.3 Å². The van der Waals surface area contributed by atoms with Crippen LogP contribution >= 0.6 is 11.3 Å². The van der Waals surface area contributed by atoms with Crippen LogP contribution in [-0.4, -0.2) is 46.0 Å². The molecule has 1 saturated heterocycles. The maximum atomic E-state index is 12.8. The highest BCUT2D eigenvalue weighted by atomic mass is 32.1. The monoisotopic (exact) mass is 344 g/mol. The van der Waals surface area contributed by atoms with E-state index < -0.39 is 0 Å². The molecule has 0 radical (unpaired) electrons. The third-order valence-electron chi connectivity index (χ3n) is 5.31. The summed E-state index contributed by atoms with van der Waals surface area (Å²) in [4.78, 5) is 21.3. The van der Waals surface area contributed by atoms with Crippen molar-refractivity contribution in [2.45, 2.75) is 44.9 Å². The normalized spacial score (nSPS) is 19.4. The van der Waals surface area contributed by atoms with Crippen molar-refractivity contribution in [3.05, 3.63) is 22.3 Å². The van der Waals surface area contributed by atoms with Crippen LogP contribution in [0.25, 0.3) is 10.7 Å². The molecule has 2 aromatic heterocycles. The summed E-state index contributed by atoms with van der Waals surface area (Å²) < 4.78 is 0. The van der Waals surface area contributed by atoms with Crippen LogP contribution in [0.4, 0.5) is 0 Å². The maximum Gasteiger partial charge on any atom is 0.167 e. The summed E-state index contributed by atoms with van der Waals surface area (Å²) >= 11 is 1.73. The highest BCUT2D eigenvalue weighted by Gasteiger charge is 2.25. The largest absolute Gasteiger partial charge is 0.306 e. The van der Waals surface area contributed by atoms with Crippen LogP contribution in [0.5, 0.6) is 0 Å². The zero-order valence-electron chi connectivity index (χ0n) is 14.2. The highest BCUT2D eigenvalue weighted by molar-refractivity contribution is 7.15. The van der Waals surface area contributed by atoms with Gasteiger partial charge in [0, 0.05) is 11.3 Å². The average Bonchev–Trinajstić information content (AvgIpc) is 3.23. The van der Waals surface area contributed by atoms with E-state index in [0.717, 1.165) is 55.0 Å². The minimum absolute atomic E-state index is 0.210. The first-order valence-electron chi connectivity index (χ1n) is 8.95. The number of ketones is 1. The van der Waals surface area contributed by atoms with E-state index in [1.165, 1.54) is 23.4 Å². The molecular formula is C18H24N4OS. The third-order valence-corrected chi connectivity index (χ3v) is 6.49. The quantitative estimate of drug-likeness (QED) is 0.864. The number of rotatable bonds is 4. The maximum absolute atomic E-state index is 12.8. The predicted octanol–water partition coefficient (Wildman–Crippen LogP) is 3.33. The second kappa shape index (κ2) is 6.76. The molecule has 2 aromatic rings. The summed E-state index contributed by atoms with van der Waals surface area (Å²) in [6, 6.07) is 0. The zero-order valence-corrected chi connectivity index (χ0v) is 15.0. The van der Waals surface area contributed by atoms with Crippen LogP contribution in [0, 0.1) is 5.92 Å². The van der Waals surface area contributed by atoms with Crippen molar-refractivity contribution in [1.82, 2.24) is 20.1 Å². The van der Waals surface area contributed by atoms with Gasteiger partial charge in [-0.25, -0.2) is 4.98 Å². The van der Waals surface area contributed by atoms with Crippen molar-refractivity contribution in [3.63, 3.8) is 0 Å². The van der Waals surface area contributed by atoms with E-state index >= 15 is 0 Å². The molecule has 0 atom stereocenters. The fourth-order valence-corrected chi connectivity index (χ4v) is 4.92. The molecule has 5 nitrogen and oxygen atoms in total. The number of H-pyrrole nitrogens is 1. The number of hydrogen-bond donors (Lipinski definition) is 1. The zero-order chi connectivity index (χ0) is 16.5. The summed E-state index contributed by atoms with van der Waals surface area (Å²) in [5, 5.41) is 8.11. The number of likely N-dealkylation sites (tertiary alicyclic amines) is 1. The van der Waals surface area contributed by atoms with E-state index in [1.807, 2.05) is 0 Å². The van der Waals surface area contributed by atoms with Gasteiger partial charge >= 0.3 is 0 Å². The van der Waals surface area contributed by atoms with Gasteiger partial charge in [-0.1, -0.05) is 0 Å². The van der Waals surface area contributed by atoms with Gasteiger partial charge in [-0.05, 0) is 64.6 Å². The number of fused-ring (bicyclic) bond motifs is 1. The first-order chi connectivity index (χ1) is 11.7. The van der Waals surface area contributed by atoms with Gasteiger partial charge in [0.25, 0.3) is 0 Å². The minimum Gasteiger partial charge on any atom is -0.306 e. The molecule has 1 N–H and O–H groups in total. The van der Waals surface area contributed by atoms with Gasteiger partial charge in [-0.3, -0.25) is 9.89 Å². The molecule has 0 amide bonds. The van der Waals surface area contributed by atoms with Crippen LogP contribution in [0.15, 0.2) is 6.20 Å². The summed E-state index contributed by atoms with van der Waals surface area (Å²) in [6.45, 7) is 2.19. The molecule has 0 saturated carbocycles. The number of carbonyl (C=O) groups excluding carboxylic acids is 1. The number of piperidine rings is 1. The Hall–Kier alpha value is -1.53. The first kappa shape index (κ1) is 16.0. The van der Waals surface area contributed by atoms with E-state index in [1.54, 1.807) is 17.5 Å². The molecule has 4 rings (SSSR count). The molecule has 128 valence electrons. The lowest BCUT2D eigenvalue weighted by molar-refractivity contribution is 0.0937. The van der Waals surface area contributed by atoms with Gasteiger partial charge in [0.15, 0.2) is 5.78 Å². The molecule has 24 heavy (non-hydrogen) atoms. The van der Waals surface area contributed by atoms with Gasteiger partial charge in [0.1, 0.15) is 10.7 Å². The summed E-state index contributed by atoms with van der Waals surface area (Å²) in [5.41, 5.74) is 2.77. The second-order valence-corrected chi connectivity index (χ2v) is 8.21. The smallest absolute Gasteiger partial charge is 0.167 e. The minimum atomic E-state index is 0.210. The Balaban J connectivity index is 1.51. The summed E-state index contributed by atoms with van der Waals surface area (Å²) in [5.74, 6) is 0.711. The Kier molecular flexibility index (Phi) is 4.50. The number of aryl methyl sites for hydroxylation is 2. The van der Waals surface area contributed by atoms with Gasteiger partial charge in [-0.15, -0.1) is 11.3 Å². The van der Waals surface area contributed by atoms with E-state index in [2.05, 4.69) is 22.1 Å². The fraction of sp³-hybridized carbons (Fsp3) is 0.611. The van der Waals surface area contributed by atoms with E-state index in [4.69, 9.17) is 4.98 Å². The number of nitrogens with zero attached hydrogens (tertiary/aromatic N) is 3. The number of aromatic nitrogens is 3. The lowest BCUT2D eigenvalue weighted by Crippen LogP contribution is -2.31. The fourth-order valence-electron chi connectivity index (χ4n) is 3.76. The number of nitrogens with one attached hydrogen (secondary N) is 1. The van der Waals surface area contributed by atoms with Crippen molar-refractivity contribution < 1.29 is 4.79 Å².